The average molecular weight is 447 g/mol. The molecule has 0 aliphatic carbocycles. The Morgan fingerprint density at radius 1 is 1.10 bits per heavy atom. The van der Waals surface area contributed by atoms with Crippen LogP contribution >= 0.6 is 11.3 Å². The summed E-state index contributed by atoms with van der Waals surface area (Å²) in [5.41, 5.74) is 2.30. The van der Waals surface area contributed by atoms with Gasteiger partial charge in [0.05, 0.1) is 4.90 Å². The highest BCUT2D eigenvalue weighted by atomic mass is 32.2. The van der Waals surface area contributed by atoms with Crippen molar-refractivity contribution in [2.45, 2.75) is 31.6 Å². The summed E-state index contributed by atoms with van der Waals surface area (Å²) >= 11 is 1.19. The molecule has 0 fully saturated rings. The molecule has 0 atom stereocenters. The normalized spacial score (nSPS) is 11.1. The minimum absolute atomic E-state index is 0.0911. The summed E-state index contributed by atoms with van der Waals surface area (Å²) in [7, 11) is -3.71. The number of carbonyl (C=O) groups excluding carboxylic acids is 1. The number of sulfonamides is 1. The van der Waals surface area contributed by atoms with E-state index in [0.29, 0.717) is 36.2 Å². The molecule has 158 valence electrons. The molecule has 3 rings (SSSR count). The molecule has 0 spiro atoms. The van der Waals surface area contributed by atoms with E-state index in [1.54, 1.807) is 17.5 Å². The van der Waals surface area contributed by atoms with E-state index in [1.807, 2.05) is 19.9 Å². The van der Waals surface area contributed by atoms with Gasteiger partial charge < -0.3 is 10.6 Å². The van der Waals surface area contributed by atoms with Crippen molar-refractivity contribution in [1.82, 2.24) is 15.0 Å². The molecule has 0 radical (unpaired) electrons. The highest BCUT2D eigenvalue weighted by Crippen LogP contribution is 2.19. The maximum absolute atomic E-state index is 12.3. The molecular weight excluding hydrogens is 424 g/mol. The molecular formula is C19H22N6O3S2. The van der Waals surface area contributed by atoms with Crippen molar-refractivity contribution in [3.05, 3.63) is 53.3 Å². The number of aryl methyl sites for hydroxylation is 2. The zero-order chi connectivity index (χ0) is 21.6. The Labute approximate surface area is 179 Å². The van der Waals surface area contributed by atoms with Crippen LogP contribution in [0.1, 0.15) is 24.2 Å². The molecule has 0 bridgehead atoms. The van der Waals surface area contributed by atoms with E-state index in [1.165, 1.54) is 29.7 Å². The van der Waals surface area contributed by atoms with Gasteiger partial charge in [0.15, 0.2) is 5.13 Å². The lowest BCUT2D eigenvalue weighted by Gasteiger charge is -2.09. The van der Waals surface area contributed by atoms with Crippen LogP contribution in [0.5, 0.6) is 0 Å². The zero-order valence-corrected chi connectivity index (χ0v) is 18.2. The Bertz CT molecular complexity index is 1080. The molecule has 3 N–H and O–H groups in total. The third-order valence-corrected chi connectivity index (χ3v) is 6.12. The van der Waals surface area contributed by atoms with Crippen molar-refractivity contribution in [2.75, 3.05) is 21.9 Å². The molecule has 30 heavy (non-hydrogen) atoms. The van der Waals surface area contributed by atoms with Crippen LogP contribution in [0, 0.1) is 13.8 Å². The Hall–Kier alpha value is -3.05. The summed E-state index contributed by atoms with van der Waals surface area (Å²) in [5, 5.41) is 7.85. The van der Waals surface area contributed by atoms with Crippen LogP contribution in [0.25, 0.3) is 0 Å². The molecule has 2 aromatic heterocycles. The molecule has 0 aliphatic rings. The Morgan fingerprint density at radius 2 is 1.80 bits per heavy atom. The van der Waals surface area contributed by atoms with Crippen LogP contribution in [0.3, 0.4) is 0 Å². The first kappa shape index (κ1) is 21.7. The molecule has 1 amide bonds. The largest absolute Gasteiger partial charge is 0.354 e. The molecule has 11 heteroatoms. The van der Waals surface area contributed by atoms with E-state index in [2.05, 4.69) is 30.3 Å². The molecule has 1 aromatic carbocycles. The number of aromatic nitrogens is 3. The van der Waals surface area contributed by atoms with Crippen LogP contribution in [0.2, 0.25) is 0 Å². The van der Waals surface area contributed by atoms with Crippen molar-refractivity contribution in [3.8, 4) is 0 Å². The fourth-order valence-corrected chi connectivity index (χ4v) is 4.43. The summed E-state index contributed by atoms with van der Waals surface area (Å²) in [4.78, 5) is 24.7. The SMILES string of the molecule is Cc1cc(C)nc(NCCCC(=O)Nc2ccc(S(=O)(=O)Nc3nccs3)cc2)n1. The minimum atomic E-state index is -3.71. The molecule has 3 aromatic rings. The molecule has 0 aliphatic heterocycles. The van der Waals surface area contributed by atoms with Crippen LogP contribution in [0.15, 0.2) is 46.8 Å². The van der Waals surface area contributed by atoms with E-state index in [0.717, 1.165) is 11.4 Å². The van der Waals surface area contributed by atoms with E-state index in [4.69, 9.17) is 0 Å². The summed E-state index contributed by atoms with van der Waals surface area (Å²) in [6.07, 6.45) is 2.43. The van der Waals surface area contributed by atoms with Crippen molar-refractivity contribution >= 4 is 44.0 Å². The van der Waals surface area contributed by atoms with Gasteiger partial charge in [-0.1, -0.05) is 0 Å². The second-order valence-electron chi connectivity index (χ2n) is 6.52. The summed E-state index contributed by atoms with van der Waals surface area (Å²) in [6, 6.07) is 7.87. The second kappa shape index (κ2) is 9.63. The Morgan fingerprint density at radius 3 is 2.43 bits per heavy atom. The molecule has 2 heterocycles. The monoisotopic (exact) mass is 446 g/mol. The lowest BCUT2D eigenvalue weighted by atomic mass is 10.2. The maximum Gasteiger partial charge on any atom is 0.263 e. The van der Waals surface area contributed by atoms with Gasteiger partial charge in [-0.25, -0.2) is 23.4 Å². The van der Waals surface area contributed by atoms with Crippen LogP contribution < -0.4 is 15.4 Å². The Kier molecular flexibility index (Phi) is 6.95. The van der Waals surface area contributed by atoms with Gasteiger partial charge in [-0.3, -0.25) is 9.52 Å². The highest BCUT2D eigenvalue weighted by Gasteiger charge is 2.15. The average Bonchev–Trinajstić information content (AvgIpc) is 3.17. The standard InChI is InChI=1S/C19H22N6O3S2/c1-13-12-14(2)23-18(22-13)20-9-3-4-17(26)24-15-5-7-16(8-6-15)30(27,28)25-19-21-10-11-29-19/h5-8,10-12H,3-4,9H2,1-2H3,(H,21,25)(H,24,26)(H,20,22,23). The number of nitrogens with zero attached hydrogens (tertiary/aromatic N) is 3. The van der Waals surface area contributed by atoms with Crippen molar-refractivity contribution < 1.29 is 13.2 Å². The zero-order valence-electron chi connectivity index (χ0n) is 16.5. The number of hydrogen-bond donors (Lipinski definition) is 3. The first-order valence-electron chi connectivity index (χ1n) is 9.20. The number of rotatable bonds is 9. The third kappa shape index (κ3) is 6.22. The van der Waals surface area contributed by atoms with Crippen LogP contribution in [-0.4, -0.2) is 35.8 Å². The van der Waals surface area contributed by atoms with Gasteiger partial charge in [-0.05, 0) is 50.6 Å². The summed E-state index contributed by atoms with van der Waals surface area (Å²) in [5.74, 6) is 0.394. The third-order valence-electron chi connectivity index (χ3n) is 3.95. The van der Waals surface area contributed by atoms with Gasteiger partial charge in [0.25, 0.3) is 10.0 Å². The predicted molar refractivity (Wildman–Crippen MR) is 117 cm³/mol. The molecule has 9 nitrogen and oxygen atoms in total. The van der Waals surface area contributed by atoms with Gasteiger partial charge in [-0.2, -0.15) is 0 Å². The lowest BCUT2D eigenvalue weighted by molar-refractivity contribution is -0.116. The number of anilines is 3. The lowest BCUT2D eigenvalue weighted by Crippen LogP contribution is -2.15. The number of amides is 1. The van der Waals surface area contributed by atoms with E-state index >= 15 is 0 Å². The van der Waals surface area contributed by atoms with E-state index in [-0.39, 0.29) is 10.8 Å². The maximum atomic E-state index is 12.3. The van der Waals surface area contributed by atoms with E-state index in [9.17, 15) is 13.2 Å². The molecule has 0 saturated carbocycles. The second-order valence-corrected chi connectivity index (χ2v) is 9.10. The molecule has 0 unspecified atom stereocenters. The van der Waals surface area contributed by atoms with Gasteiger partial charge in [0.2, 0.25) is 11.9 Å². The van der Waals surface area contributed by atoms with Crippen LogP contribution in [0.4, 0.5) is 16.8 Å². The van der Waals surface area contributed by atoms with Crippen molar-refractivity contribution in [2.24, 2.45) is 0 Å². The number of nitrogens with one attached hydrogen (secondary N) is 3. The Balaban J connectivity index is 1.46. The van der Waals surface area contributed by atoms with Crippen LogP contribution in [-0.2, 0) is 14.8 Å². The smallest absolute Gasteiger partial charge is 0.263 e. The predicted octanol–water partition coefficient (Wildman–Crippen LogP) is 3.18. The minimum Gasteiger partial charge on any atom is -0.354 e. The number of thiazole rings is 1. The quantitative estimate of drug-likeness (QED) is 0.431. The number of benzene rings is 1. The highest BCUT2D eigenvalue weighted by molar-refractivity contribution is 7.93. The topological polar surface area (TPSA) is 126 Å². The summed E-state index contributed by atoms with van der Waals surface area (Å²) < 4.78 is 27.0. The number of carbonyl (C=O) groups is 1. The van der Waals surface area contributed by atoms with E-state index < -0.39 is 10.0 Å². The first-order chi connectivity index (χ1) is 14.3. The van der Waals surface area contributed by atoms with Gasteiger partial charge >= 0.3 is 0 Å². The van der Waals surface area contributed by atoms with Crippen molar-refractivity contribution in [3.63, 3.8) is 0 Å². The van der Waals surface area contributed by atoms with Crippen molar-refractivity contribution in [1.29, 1.82) is 0 Å². The first-order valence-corrected chi connectivity index (χ1v) is 11.6. The summed E-state index contributed by atoms with van der Waals surface area (Å²) in [6.45, 7) is 4.37. The van der Waals surface area contributed by atoms with Gasteiger partial charge in [0.1, 0.15) is 0 Å². The number of hydrogen-bond acceptors (Lipinski definition) is 8. The molecule has 0 saturated heterocycles. The fraction of sp³-hybridized carbons (Fsp3) is 0.263. The van der Waals surface area contributed by atoms with Gasteiger partial charge in [-0.15, -0.1) is 11.3 Å². The fourth-order valence-electron chi connectivity index (χ4n) is 2.64. The van der Waals surface area contributed by atoms with Gasteiger partial charge in [0, 0.05) is 41.6 Å².